The van der Waals surface area contributed by atoms with E-state index in [9.17, 15) is 0 Å². The van der Waals surface area contributed by atoms with Crippen LogP contribution in [0, 0.1) is 5.92 Å². The Morgan fingerprint density at radius 2 is 1.51 bits per heavy atom. The quantitative estimate of drug-likeness (QED) is 0.241. The molecule has 41 heavy (non-hydrogen) atoms. The van der Waals surface area contributed by atoms with Crippen molar-refractivity contribution < 1.29 is 0 Å². The number of rotatable bonds is 7. The summed E-state index contributed by atoms with van der Waals surface area (Å²) >= 11 is 12.4. The predicted molar refractivity (Wildman–Crippen MR) is 177 cm³/mol. The summed E-state index contributed by atoms with van der Waals surface area (Å²) in [6.45, 7) is 1.88. The average molecular weight is 667 g/mol. The van der Waals surface area contributed by atoms with Crippen LogP contribution in [0.3, 0.4) is 0 Å². The van der Waals surface area contributed by atoms with E-state index in [0.29, 0.717) is 40.0 Å². The second-order valence-corrected chi connectivity index (χ2v) is 12.3. The summed E-state index contributed by atoms with van der Waals surface area (Å²) < 4.78 is 2.28. The van der Waals surface area contributed by atoms with Crippen molar-refractivity contribution in [2.75, 3.05) is 23.8 Å². The normalized spacial score (nSPS) is 22.0. The summed E-state index contributed by atoms with van der Waals surface area (Å²) in [5.74, 6) is 2.08. The van der Waals surface area contributed by atoms with Gasteiger partial charge in [0.25, 0.3) is 0 Å². The molecule has 2 aromatic heterocycles. The lowest BCUT2D eigenvalue weighted by Gasteiger charge is -2.32. The van der Waals surface area contributed by atoms with Crippen LogP contribution in [0.4, 0.5) is 11.8 Å². The van der Waals surface area contributed by atoms with E-state index >= 15 is 0 Å². The van der Waals surface area contributed by atoms with Crippen LogP contribution in [-0.4, -0.2) is 49.7 Å². The van der Waals surface area contributed by atoms with E-state index in [1.54, 1.807) is 6.07 Å². The van der Waals surface area contributed by atoms with Gasteiger partial charge in [-0.05, 0) is 87.5 Å². The van der Waals surface area contributed by atoms with Gasteiger partial charge < -0.3 is 21.0 Å². The largest absolute Gasteiger partial charge is 0.351 e. The Kier molecular flexibility index (Phi) is 12.9. The molecule has 8 nitrogen and oxygen atoms in total. The first-order chi connectivity index (χ1) is 18.5. The van der Waals surface area contributed by atoms with Gasteiger partial charge in [0.05, 0.1) is 6.33 Å². The fourth-order valence-electron chi connectivity index (χ4n) is 6.42. The fraction of sp³-hybridized carbons (Fsp3) is 0.607. The maximum atomic E-state index is 6.22. The molecule has 6 rings (SSSR count). The van der Waals surface area contributed by atoms with Gasteiger partial charge in [-0.25, -0.2) is 9.99 Å². The molecule has 3 fully saturated rings. The summed E-state index contributed by atoms with van der Waals surface area (Å²) in [5.41, 5.74) is 12.7. The van der Waals surface area contributed by atoms with Crippen molar-refractivity contribution in [2.45, 2.75) is 88.8 Å². The number of nitrogens with one attached hydrogen (secondary N) is 2. The second kappa shape index (κ2) is 15.5. The summed E-state index contributed by atoms with van der Waals surface area (Å²) in [6.07, 6.45) is 14.3. The Labute approximate surface area is 271 Å². The second-order valence-electron chi connectivity index (χ2n) is 11.4. The van der Waals surface area contributed by atoms with Crippen molar-refractivity contribution >= 4 is 83.4 Å². The summed E-state index contributed by atoms with van der Waals surface area (Å²) in [7, 11) is 0. The minimum atomic E-state index is 0. The third kappa shape index (κ3) is 8.43. The molecule has 3 aromatic rings. The first-order valence-corrected chi connectivity index (χ1v) is 15.0. The Morgan fingerprint density at radius 1 is 0.854 bits per heavy atom. The maximum absolute atomic E-state index is 6.22. The standard InChI is InChI=1S/C28H38Cl2N8.3ClH/c29-20-14-19(15-21(30)16-20)13-18-9-11-37(12-10-18)36-26-25-27(38(17-32-25)24-3-1-2-4-24)35-28(34-26)33-23-7-5-22(31)6-8-23;;;/h14-18,22-24H,1-13,31H2,(H2,33,34,35,36);3*1H. The number of benzene rings is 1. The number of anilines is 2. The van der Waals surface area contributed by atoms with Crippen molar-refractivity contribution in [3.05, 3.63) is 40.1 Å². The zero-order valence-electron chi connectivity index (χ0n) is 23.1. The van der Waals surface area contributed by atoms with Crippen LogP contribution in [0.2, 0.25) is 10.0 Å². The zero-order chi connectivity index (χ0) is 26.1. The molecule has 2 aliphatic carbocycles. The molecule has 4 N–H and O–H groups in total. The van der Waals surface area contributed by atoms with Gasteiger partial charge in [0.2, 0.25) is 5.95 Å². The molecule has 228 valence electrons. The van der Waals surface area contributed by atoms with Gasteiger partial charge in [0, 0.05) is 41.3 Å². The number of halogens is 5. The van der Waals surface area contributed by atoms with Crippen LogP contribution in [0.1, 0.15) is 75.8 Å². The molecular weight excluding hydrogens is 626 g/mol. The lowest BCUT2D eigenvalue weighted by Crippen LogP contribution is -2.39. The molecule has 0 amide bonds. The molecule has 0 bridgehead atoms. The fourth-order valence-corrected chi connectivity index (χ4v) is 6.99. The maximum Gasteiger partial charge on any atom is 0.227 e. The molecule has 13 heteroatoms. The van der Waals surface area contributed by atoms with Crippen LogP contribution in [-0.2, 0) is 6.42 Å². The third-order valence-electron chi connectivity index (χ3n) is 8.57. The first-order valence-electron chi connectivity index (χ1n) is 14.2. The number of hydrogen-bond acceptors (Lipinski definition) is 7. The lowest BCUT2D eigenvalue weighted by molar-refractivity contribution is 0.216. The number of piperidine rings is 1. The van der Waals surface area contributed by atoms with E-state index in [-0.39, 0.29) is 37.2 Å². The van der Waals surface area contributed by atoms with Crippen LogP contribution in [0.5, 0.6) is 0 Å². The van der Waals surface area contributed by atoms with E-state index in [1.807, 2.05) is 18.5 Å². The number of hydrazine groups is 1. The number of hydrogen-bond donors (Lipinski definition) is 3. The highest BCUT2D eigenvalue weighted by molar-refractivity contribution is 6.34. The molecule has 3 aliphatic rings. The van der Waals surface area contributed by atoms with E-state index < -0.39 is 0 Å². The summed E-state index contributed by atoms with van der Waals surface area (Å²) in [4.78, 5) is 14.7. The van der Waals surface area contributed by atoms with Crippen LogP contribution >= 0.6 is 60.4 Å². The highest BCUT2D eigenvalue weighted by Crippen LogP contribution is 2.34. The molecule has 1 saturated heterocycles. The van der Waals surface area contributed by atoms with Crippen molar-refractivity contribution in [1.29, 1.82) is 0 Å². The van der Waals surface area contributed by atoms with E-state index in [2.05, 4.69) is 20.3 Å². The number of nitrogens with zero attached hydrogens (tertiary/aromatic N) is 5. The number of fused-ring (bicyclic) bond motifs is 1. The topological polar surface area (TPSA) is 96.9 Å². The molecular formula is C28H41Cl5N8. The number of imidazole rings is 1. The zero-order valence-corrected chi connectivity index (χ0v) is 27.1. The average Bonchev–Trinajstić information content (AvgIpc) is 3.56. The van der Waals surface area contributed by atoms with Gasteiger partial charge in [-0.2, -0.15) is 9.97 Å². The molecule has 3 heterocycles. The van der Waals surface area contributed by atoms with Crippen molar-refractivity contribution in [2.24, 2.45) is 11.7 Å². The van der Waals surface area contributed by atoms with Crippen LogP contribution in [0.25, 0.3) is 11.2 Å². The molecule has 1 aromatic carbocycles. The molecule has 2 saturated carbocycles. The molecule has 0 spiro atoms. The predicted octanol–water partition coefficient (Wildman–Crippen LogP) is 7.48. The van der Waals surface area contributed by atoms with Gasteiger partial charge in [-0.15, -0.1) is 37.2 Å². The minimum absolute atomic E-state index is 0. The van der Waals surface area contributed by atoms with E-state index in [0.717, 1.165) is 75.0 Å². The number of nitrogens with two attached hydrogens (primary N) is 1. The smallest absolute Gasteiger partial charge is 0.227 e. The summed E-state index contributed by atoms with van der Waals surface area (Å²) in [5, 5.41) is 7.31. The van der Waals surface area contributed by atoms with Gasteiger partial charge in [-0.1, -0.05) is 36.0 Å². The van der Waals surface area contributed by atoms with Gasteiger partial charge >= 0.3 is 0 Å². The van der Waals surface area contributed by atoms with Gasteiger partial charge in [0.15, 0.2) is 17.0 Å². The van der Waals surface area contributed by atoms with Gasteiger partial charge in [-0.3, -0.25) is 0 Å². The van der Waals surface area contributed by atoms with E-state index in [1.165, 1.54) is 31.2 Å². The SMILES string of the molecule is Cl.Cl.Cl.NC1CCC(Nc2nc(NN3CCC(Cc4cc(Cl)cc(Cl)c4)CC3)c3ncn(C4CCCC4)c3n2)CC1. The Bertz CT molecular complexity index is 1230. The van der Waals surface area contributed by atoms with Crippen LogP contribution < -0.4 is 16.5 Å². The Hall–Kier alpha value is -1.26. The molecule has 0 unspecified atom stereocenters. The molecule has 0 radical (unpaired) electrons. The highest BCUT2D eigenvalue weighted by atomic mass is 35.5. The molecule has 1 aliphatic heterocycles. The van der Waals surface area contributed by atoms with Gasteiger partial charge in [0.1, 0.15) is 0 Å². The van der Waals surface area contributed by atoms with E-state index in [4.69, 9.17) is 43.9 Å². The first kappa shape index (κ1) is 34.2. The van der Waals surface area contributed by atoms with Crippen molar-refractivity contribution in [1.82, 2.24) is 24.5 Å². The number of aromatic nitrogens is 4. The lowest BCUT2D eigenvalue weighted by atomic mass is 9.91. The summed E-state index contributed by atoms with van der Waals surface area (Å²) in [6, 6.07) is 7.01. The van der Waals surface area contributed by atoms with Crippen molar-refractivity contribution in [3.8, 4) is 0 Å². The van der Waals surface area contributed by atoms with Crippen LogP contribution in [0.15, 0.2) is 24.5 Å². The van der Waals surface area contributed by atoms with Crippen molar-refractivity contribution in [3.63, 3.8) is 0 Å². The minimum Gasteiger partial charge on any atom is -0.351 e. The highest BCUT2D eigenvalue weighted by Gasteiger charge is 2.26. The third-order valence-corrected chi connectivity index (χ3v) is 9.01. The Balaban J connectivity index is 0.00000154. The monoisotopic (exact) mass is 664 g/mol. The molecule has 0 atom stereocenters. The Morgan fingerprint density at radius 3 is 2.17 bits per heavy atom.